The van der Waals surface area contributed by atoms with Gasteiger partial charge in [0.15, 0.2) is 0 Å². The molecule has 0 radical (unpaired) electrons. The number of hydrogen-bond donors (Lipinski definition) is 1. The highest BCUT2D eigenvalue weighted by Crippen LogP contribution is 2.09. The van der Waals surface area contributed by atoms with Crippen LogP contribution < -0.4 is 0 Å². The van der Waals surface area contributed by atoms with E-state index in [2.05, 4.69) is 4.18 Å². The van der Waals surface area contributed by atoms with Crippen molar-refractivity contribution in [2.75, 3.05) is 19.5 Å². The molecule has 4 nitrogen and oxygen atoms in total. The van der Waals surface area contributed by atoms with Crippen LogP contribution in [-0.2, 0) is 20.7 Å². The Morgan fingerprint density at radius 1 is 1.31 bits per heavy atom. The van der Waals surface area contributed by atoms with Crippen LogP contribution in [0.3, 0.4) is 0 Å². The summed E-state index contributed by atoms with van der Waals surface area (Å²) < 4.78 is 26.3. The fraction of sp³-hybridized carbons (Fsp3) is 0.455. The summed E-state index contributed by atoms with van der Waals surface area (Å²) in [5, 5.41) is 9.11. The Morgan fingerprint density at radius 2 is 1.94 bits per heavy atom. The summed E-state index contributed by atoms with van der Waals surface area (Å²) in [6.45, 7) is -0.0748. The average molecular weight is 244 g/mol. The minimum Gasteiger partial charge on any atom is -0.396 e. The zero-order valence-corrected chi connectivity index (χ0v) is 9.98. The number of hydrogen-bond acceptors (Lipinski definition) is 4. The van der Waals surface area contributed by atoms with Gasteiger partial charge in [-0.25, -0.2) is 0 Å². The van der Waals surface area contributed by atoms with Gasteiger partial charge in [-0.15, -0.1) is 0 Å². The van der Waals surface area contributed by atoms with Gasteiger partial charge in [0.25, 0.3) is 10.1 Å². The van der Waals surface area contributed by atoms with E-state index in [0.717, 1.165) is 11.8 Å². The molecule has 0 saturated heterocycles. The van der Waals surface area contributed by atoms with E-state index in [-0.39, 0.29) is 19.1 Å². The van der Waals surface area contributed by atoms with Crippen molar-refractivity contribution in [3.63, 3.8) is 0 Å². The van der Waals surface area contributed by atoms with Gasteiger partial charge in [-0.05, 0) is 12.0 Å². The van der Waals surface area contributed by atoms with Crippen molar-refractivity contribution in [3.8, 4) is 0 Å². The summed E-state index contributed by atoms with van der Waals surface area (Å²) in [7, 11) is -3.43. The lowest BCUT2D eigenvalue weighted by Crippen LogP contribution is -2.19. The predicted molar refractivity (Wildman–Crippen MR) is 61.5 cm³/mol. The van der Waals surface area contributed by atoms with E-state index in [0.29, 0.717) is 6.42 Å². The average Bonchev–Trinajstić information content (AvgIpc) is 2.24. The molecule has 0 aliphatic heterocycles. The highest BCUT2D eigenvalue weighted by Gasteiger charge is 2.12. The molecule has 0 aliphatic rings. The van der Waals surface area contributed by atoms with Crippen LogP contribution in [0.15, 0.2) is 30.3 Å². The molecule has 1 aromatic rings. The first-order valence-corrected chi connectivity index (χ1v) is 6.82. The third-order valence-corrected chi connectivity index (χ3v) is 2.71. The summed E-state index contributed by atoms with van der Waals surface area (Å²) >= 11 is 0. The Kier molecular flexibility index (Phi) is 4.92. The van der Waals surface area contributed by atoms with E-state index in [1.54, 1.807) is 0 Å². The molecule has 90 valence electrons. The molecule has 0 aromatic heterocycles. The van der Waals surface area contributed by atoms with Crippen LogP contribution in [0.25, 0.3) is 0 Å². The van der Waals surface area contributed by atoms with Crippen LogP contribution in [0, 0.1) is 5.92 Å². The third kappa shape index (κ3) is 5.25. The van der Waals surface area contributed by atoms with E-state index in [9.17, 15) is 8.42 Å². The van der Waals surface area contributed by atoms with Gasteiger partial charge in [0.05, 0.1) is 12.9 Å². The van der Waals surface area contributed by atoms with Crippen molar-refractivity contribution < 1.29 is 17.7 Å². The summed E-state index contributed by atoms with van der Waals surface area (Å²) in [4.78, 5) is 0. The van der Waals surface area contributed by atoms with Crippen molar-refractivity contribution in [1.29, 1.82) is 0 Å². The molecule has 0 saturated carbocycles. The Balaban J connectivity index is 2.50. The molecule has 0 bridgehead atoms. The topological polar surface area (TPSA) is 63.6 Å². The first-order valence-electron chi connectivity index (χ1n) is 5.00. The monoisotopic (exact) mass is 244 g/mol. The van der Waals surface area contributed by atoms with E-state index in [1.807, 2.05) is 30.3 Å². The van der Waals surface area contributed by atoms with Crippen molar-refractivity contribution >= 4 is 10.1 Å². The van der Waals surface area contributed by atoms with Gasteiger partial charge >= 0.3 is 0 Å². The molecule has 0 amide bonds. The van der Waals surface area contributed by atoms with Gasteiger partial charge in [-0.3, -0.25) is 4.18 Å². The molecule has 0 heterocycles. The third-order valence-electron chi connectivity index (χ3n) is 2.14. The lowest BCUT2D eigenvalue weighted by atomic mass is 10.0. The lowest BCUT2D eigenvalue weighted by molar-refractivity contribution is 0.167. The number of aliphatic hydroxyl groups excluding tert-OH is 1. The second-order valence-corrected chi connectivity index (χ2v) is 5.37. The molecule has 5 heteroatoms. The van der Waals surface area contributed by atoms with Crippen LogP contribution in [0.4, 0.5) is 0 Å². The zero-order valence-electron chi connectivity index (χ0n) is 9.17. The SMILES string of the molecule is CS(=O)(=O)OC[C@@H](CO)Cc1ccccc1. The van der Waals surface area contributed by atoms with Crippen LogP contribution in [-0.4, -0.2) is 33.0 Å². The minimum atomic E-state index is -3.43. The van der Waals surface area contributed by atoms with Gasteiger partial charge < -0.3 is 5.11 Å². The maximum atomic E-state index is 10.8. The molecule has 0 spiro atoms. The maximum absolute atomic E-state index is 10.8. The highest BCUT2D eigenvalue weighted by atomic mass is 32.2. The number of aliphatic hydroxyl groups is 1. The number of rotatable bonds is 6. The molecule has 1 aromatic carbocycles. The van der Waals surface area contributed by atoms with Crippen LogP contribution in [0.2, 0.25) is 0 Å². The fourth-order valence-corrected chi connectivity index (χ4v) is 1.78. The molecule has 1 atom stereocenters. The molecule has 0 unspecified atom stereocenters. The van der Waals surface area contributed by atoms with E-state index in [4.69, 9.17) is 5.11 Å². The molecule has 1 N–H and O–H groups in total. The maximum Gasteiger partial charge on any atom is 0.264 e. The van der Waals surface area contributed by atoms with Crippen molar-refractivity contribution in [2.24, 2.45) is 5.92 Å². The first kappa shape index (κ1) is 13.2. The predicted octanol–water partition coefficient (Wildman–Crippen LogP) is 0.814. The quantitative estimate of drug-likeness (QED) is 0.752. The minimum absolute atomic E-state index is 0.0181. The van der Waals surface area contributed by atoms with E-state index < -0.39 is 10.1 Å². The molecule has 0 fully saturated rings. The zero-order chi connectivity index (χ0) is 12.0. The van der Waals surface area contributed by atoms with E-state index >= 15 is 0 Å². The van der Waals surface area contributed by atoms with Crippen molar-refractivity contribution in [2.45, 2.75) is 6.42 Å². The Bertz CT molecular complexity index is 399. The summed E-state index contributed by atoms with van der Waals surface area (Å²) in [5.41, 5.74) is 1.05. The first-order chi connectivity index (χ1) is 7.51. The summed E-state index contributed by atoms with van der Waals surface area (Å²) in [6.07, 6.45) is 1.61. The fourth-order valence-electron chi connectivity index (χ4n) is 1.34. The van der Waals surface area contributed by atoms with Crippen LogP contribution in [0.5, 0.6) is 0 Å². The van der Waals surface area contributed by atoms with Gasteiger partial charge in [0, 0.05) is 12.5 Å². The molecule has 1 rings (SSSR count). The molecule has 16 heavy (non-hydrogen) atoms. The van der Waals surface area contributed by atoms with Crippen molar-refractivity contribution in [3.05, 3.63) is 35.9 Å². The molecular weight excluding hydrogens is 228 g/mol. The van der Waals surface area contributed by atoms with Crippen LogP contribution >= 0.6 is 0 Å². The Morgan fingerprint density at radius 3 is 2.44 bits per heavy atom. The summed E-state index contributed by atoms with van der Waals surface area (Å²) in [6, 6.07) is 9.58. The number of benzene rings is 1. The van der Waals surface area contributed by atoms with Gasteiger partial charge in [0.2, 0.25) is 0 Å². The van der Waals surface area contributed by atoms with Crippen molar-refractivity contribution in [1.82, 2.24) is 0 Å². The second-order valence-electron chi connectivity index (χ2n) is 3.73. The standard InChI is InChI=1S/C11H16O4S/c1-16(13,14)15-9-11(8-12)7-10-5-3-2-4-6-10/h2-6,11-12H,7-9H2,1H3/t11-/m1/s1. The smallest absolute Gasteiger partial charge is 0.264 e. The highest BCUT2D eigenvalue weighted by molar-refractivity contribution is 7.85. The van der Waals surface area contributed by atoms with Gasteiger partial charge in [0.1, 0.15) is 0 Å². The second kappa shape index (κ2) is 5.98. The van der Waals surface area contributed by atoms with Gasteiger partial charge in [-0.2, -0.15) is 8.42 Å². The molecular formula is C11H16O4S. The largest absolute Gasteiger partial charge is 0.396 e. The van der Waals surface area contributed by atoms with E-state index in [1.165, 1.54) is 0 Å². The van der Waals surface area contributed by atoms with Crippen LogP contribution in [0.1, 0.15) is 5.56 Å². The normalized spacial score (nSPS) is 13.6. The summed E-state index contributed by atoms with van der Waals surface area (Å²) in [5.74, 6) is -0.197. The Labute approximate surface area is 96.0 Å². The lowest BCUT2D eigenvalue weighted by Gasteiger charge is -2.13. The Hall–Kier alpha value is -0.910. The molecule has 0 aliphatic carbocycles. The van der Waals surface area contributed by atoms with Gasteiger partial charge in [-0.1, -0.05) is 30.3 Å².